The lowest BCUT2D eigenvalue weighted by molar-refractivity contribution is -0.115. The molecule has 3 nitrogen and oxygen atoms in total. The maximum absolute atomic E-state index is 12.2. The Morgan fingerprint density at radius 3 is 2.39 bits per heavy atom. The van der Waals surface area contributed by atoms with Crippen LogP contribution in [-0.2, 0) is 10.5 Å². The molecule has 23 heavy (non-hydrogen) atoms. The molecular weight excluding hydrogens is 306 g/mol. The van der Waals surface area contributed by atoms with Gasteiger partial charge in [-0.25, -0.2) is 0 Å². The summed E-state index contributed by atoms with van der Waals surface area (Å²) in [5.74, 6) is 1.37. The second-order valence-corrected chi connectivity index (χ2v) is 6.31. The maximum atomic E-state index is 12.2. The highest BCUT2D eigenvalue weighted by atomic mass is 32.2. The van der Waals surface area contributed by atoms with E-state index in [4.69, 9.17) is 0 Å². The molecule has 0 aliphatic carbocycles. The minimum Gasteiger partial charge on any atom is -0.326 e. The minimum absolute atomic E-state index is 0.0298. The van der Waals surface area contributed by atoms with Crippen LogP contribution < -0.4 is 5.32 Å². The summed E-state index contributed by atoms with van der Waals surface area (Å²) < 4.78 is 0. The Balaban J connectivity index is 1.86. The van der Waals surface area contributed by atoms with Crippen LogP contribution in [-0.4, -0.2) is 17.4 Å². The number of nitrogens with one attached hydrogen (secondary N) is 1. The number of amides is 1. The molecule has 0 aliphatic heterocycles. The Morgan fingerprint density at radius 1 is 1.04 bits per heavy atom. The highest BCUT2D eigenvalue weighted by Gasteiger charge is 2.07. The predicted octanol–water partition coefficient (Wildman–Crippen LogP) is 4.46. The van der Waals surface area contributed by atoms with Gasteiger partial charge in [0.05, 0.1) is 5.75 Å². The van der Waals surface area contributed by atoms with Crippen molar-refractivity contribution in [1.29, 1.82) is 0 Å². The third-order valence-corrected chi connectivity index (χ3v) is 4.55. The van der Waals surface area contributed by atoms with Crippen molar-refractivity contribution in [3.8, 4) is 0 Å². The highest BCUT2D eigenvalue weighted by molar-refractivity contribution is 7.99. The van der Waals surface area contributed by atoms with Gasteiger partial charge in [0.25, 0.3) is 0 Å². The molecule has 0 saturated carbocycles. The summed E-state index contributed by atoms with van der Waals surface area (Å²) in [6.07, 6.45) is 0.441. The van der Waals surface area contributed by atoms with Gasteiger partial charge in [-0.05, 0) is 42.3 Å². The summed E-state index contributed by atoms with van der Waals surface area (Å²) in [4.78, 5) is 23.5. The fourth-order valence-corrected chi connectivity index (χ4v) is 3.10. The Kier molecular flexibility index (Phi) is 6.41. The average Bonchev–Trinajstić information content (AvgIpc) is 2.57. The van der Waals surface area contributed by atoms with Crippen molar-refractivity contribution in [2.45, 2.75) is 26.0 Å². The van der Waals surface area contributed by atoms with Gasteiger partial charge in [0, 0.05) is 23.4 Å². The third-order valence-electron chi connectivity index (χ3n) is 3.56. The van der Waals surface area contributed by atoms with Crippen molar-refractivity contribution in [3.63, 3.8) is 0 Å². The van der Waals surface area contributed by atoms with Gasteiger partial charge in [0.15, 0.2) is 5.78 Å². The largest absolute Gasteiger partial charge is 0.326 e. The Morgan fingerprint density at radius 2 is 1.74 bits per heavy atom. The van der Waals surface area contributed by atoms with Crippen molar-refractivity contribution in [3.05, 3.63) is 65.2 Å². The van der Waals surface area contributed by atoms with Gasteiger partial charge < -0.3 is 5.32 Å². The van der Waals surface area contributed by atoms with Crippen LogP contribution in [0.2, 0.25) is 0 Å². The number of carbonyl (C=O) groups is 2. The number of rotatable bonds is 7. The van der Waals surface area contributed by atoms with Crippen LogP contribution in [0.25, 0.3) is 0 Å². The van der Waals surface area contributed by atoms with Crippen LogP contribution in [0.1, 0.15) is 34.8 Å². The fourth-order valence-electron chi connectivity index (χ4n) is 2.10. The first-order valence-corrected chi connectivity index (χ1v) is 8.81. The van der Waals surface area contributed by atoms with Gasteiger partial charge in [-0.1, -0.05) is 31.2 Å². The zero-order valence-electron chi connectivity index (χ0n) is 13.5. The van der Waals surface area contributed by atoms with Crippen LogP contribution in [0.3, 0.4) is 0 Å². The van der Waals surface area contributed by atoms with Gasteiger partial charge >= 0.3 is 0 Å². The molecule has 0 aliphatic rings. The van der Waals surface area contributed by atoms with E-state index >= 15 is 0 Å². The molecule has 2 aromatic carbocycles. The zero-order chi connectivity index (χ0) is 16.7. The van der Waals surface area contributed by atoms with Crippen molar-refractivity contribution in [1.82, 2.24) is 0 Å². The van der Waals surface area contributed by atoms with Crippen LogP contribution >= 0.6 is 11.8 Å². The quantitative estimate of drug-likeness (QED) is 0.764. The van der Waals surface area contributed by atoms with Crippen LogP contribution in [0.15, 0.2) is 48.5 Å². The van der Waals surface area contributed by atoms with Crippen molar-refractivity contribution in [2.75, 3.05) is 11.1 Å². The number of anilines is 1. The topological polar surface area (TPSA) is 46.2 Å². The molecule has 2 aromatic rings. The average molecular weight is 327 g/mol. The van der Waals surface area contributed by atoms with Crippen LogP contribution in [0.4, 0.5) is 5.69 Å². The Labute approximate surface area is 141 Å². The minimum atomic E-state index is -0.0298. The first-order valence-electron chi connectivity index (χ1n) is 7.65. The fraction of sp³-hybridized carbons (Fsp3) is 0.263. The van der Waals surface area contributed by atoms with E-state index in [1.165, 1.54) is 11.1 Å². The number of hydrogen-bond donors (Lipinski definition) is 1. The number of Topliss-reactive ketones (excluding diaryl/α,β-unsaturated/α-hetero) is 1. The Hall–Kier alpha value is -2.07. The molecule has 0 spiro atoms. The first kappa shape index (κ1) is 17.3. The molecule has 0 heterocycles. The number of aryl methyl sites for hydroxylation is 1. The standard InChI is InChI=1S/C19H21NO2S/c1-3-19(22)20-17-10-8-15(9-11-17)18(21)13-23-12-16-7-5-4-6-14(16)2/h4-11H,3,12-13H2,1-2H3,(H,20,22). The molecule has 0 unspecified atom stereocenters. The number of thioether (sulfide) groups is 1. The van der Waals surface area contributed by atoms with Crippen molar-refractivity contribution < 1.29 is 9.59 Å². The zero-order valence-corrected chi connectivity index (χ0v) is 14.3. The van der Waals surface area contributed by atoms with Gasteiger partial charge in [-0.2, -0.15) is 0 Å². The summed E-state index contributed by atoms with van der Waals surface area (Å²) in [6.45, 7) is 3.89. The summed E-state index contributed by atoms with van der Waals surface area (Å²) >= 11 is 1.62. The van der Waals surface area contributed by atoms with E-state index in [0.29, 0.717) is 17.7 Å². The van der Waals surface area contributed by atoms with Crippen LogP contribution in [0, 0.1) is 6.92 Å². The molecular formula is C19H21NO2S. The van der Waals surface area contributed by atoms with Crippen LogP contribution in [0.5, 0.6) is 0 Å². The smallest absolute Gasteiger partial charge is 0.224 e. The molecule has 0 aromatic heterocycles. The number of hydrogen-bond acceptors (Lipinski definition) is 3. The molecule has 1 amide bonds. The van der Waals surface area contributed by atoms with Gasteiger partial charge in [-0.15, -0.1) is 11.8 Å². The highest BCUT2D eigenvalue weighted by Crippen LogP contribution is 2.18. The van der Waals surface area contributed by atoms with E-state index in [9.17, 15) is 9.59 Å². The molecule has 0 fully saturated rings. The van der Waals surface area contributed by atoms with Crippen molar-refractivity contribution in [2.24, 2.45) is 0 Å². The number of benzene rings is 2. The van der Waals surface area contributed by atoms with E-state index < -0.39 is 0 Å². The predicted molar refractivity (Wildman–Crippen MR) is 97.0 cm³/mol. The molecule has 120 valence electrons. The summed E-state index contributed by atoms with van der Waals surface area (Å²) in [7, 11) is 0. The molecule has 4 heteroatoms. The second-order valence-electron chi connectivity index (χ2n) is 5.32. The number of ketones is 1. The van der Waals surface area contributed by atoms with E-state index in [2.05, 4.69) is 24.4 Å². The van der Waals surface area contributed by atoms with Gasteiger partial charge in [0.1, 0.15) is 0 Å². The van der Waals surface area contributed by atoms with E-state index in [0.717, 1.165) is 11.4 Å². The van der Waals surface area contributed by atoms with Gasteiger partial charge in [0.2, 0.25) is 5.91 Å². The molecule has 0 atom stereocenters. The summed E-state index contributed by atoms with van der Waals surface area (Å²) in [5.41, 5.74) is 3.92. The molecule has 0 bridgehead atoms. The molecule has 2 rings (SSSR count). The SMILES string of the molecule is CCC(=O)Nc1ccc(C(=O)CSCc2ccccc2C)cc1. The lowest BCUT2D eigenvalue weighted by Crippen LogP contribution is -2.09. The molecule has 1 N–H and O–H groups in total. The Bertz CT molecular complexity index is 680. The monoisotopic (exact) mass is 327 g/mol. The number of carbonyl (C=O) groups excluding carboxylic acids is 2. The van der Waals surface area contributed by atoms with Gasteiger partial charge in [-0.3, -0.25) is 9.59 Å². The first-order chi connectivity index (χ1) is 11.1. The van der Waals surface area contributed by atoms with E-state index in [1.54, 1.807) is 43.0 Å². The normalized spacial score (nSPS) is 10.3. The second kappa shape index (κ2) is 8.53. The summed E-state index contributed by atoms with van der Waals surface area (Å²) in [6, 6.07) is 15.3. The third kappa shape index (κ3) is 5.25. The molecule has 0 saturated heterocycles. The summed E-state index contributed by atoms with van der Waals surface area (Å²) in [5, 5.41) is 2.77. The lowest BCUT2D eigenvalue weighted by atomic mass is 10.1. The van der Waals surface area contributed by atoms with E-state index in [-0.39, 0.29) is 11.7 Å². The maximum Gasteiger partial charge on any atom is 0.224 e. The van der Waals surface area contributed by atoms with E-state index in [1.807, 2.05) is 12.1 Å². The van der Waals surface area contributed by atoms with Crippen molar-refractivity contribution >= 4 is 29.1 Å². The molecule has 0 radical (unpaired) electrons. The lowest BCUT2D eigenvalue weighted by Gasteiger charge is -2.06.